The lowest BCUT2D eigenvalue weighted by Gasteiger charge is -2.25. The van der Waals surface area contributed by atoms with Gasteiger partial charge in [0.05, 0.1) is 0 Å². The molecular formula is C11H17NS. The summed E-state index contributed by atoms with van der Waals surface area (Å²) in [4.78, 5) is 1.44. The van der Waals surface area contributed by atoms with Crippen molar-refractivity contribution in [2.24, 2.45) is 5.92 Å². The SMILES string of the molecule is CC(C)(NCc1cccs1)C1CC1. The summed E-state index contributed by atoms with van der Waals surface area (Å²) >= 11 is 1.83. The van der Waals surface area contributed by atoms with Crippen LogP contribution < -0.4 is 5.32 Å². The molecule has 72 valence electrons. The minimum absolute atomic E-state index is 0.337. The van der Waals surface area contributed by atoms with Crippen molar-refractivity contribution in [1.29, 1.82) is 0 Å². The van der Waals surface area contributed by atoms with Crippen LogP contribution in [0.1, 0.15) is 31.6 Å². The minimum Gasteiger partial charge on any atom is -0.307 e. The van der Waals surface area contributed by atoms with Crippen molar-refractivity contribution < 1.29 is 0 Å². The van der Waals surface area contributed by atoms with Crippen LogP contribution in [0.4, 0.5) is 0 Å². The first-order valence-corrected chi connectivity index (χ1v) is 5.84. The molecule has 1 fully saturated rings. The average molecular weight is 195 g/mol. The molecule has 1 nitrogen and oxygen atoms in total. The first-order chi connectivity index (χ1) is 6.18. The van der Waals surface area contributed by atoms with E-state index in [0.717, 1.165) is 12.5 Å². The van der Waals surface area contributed by atoms with E-state index in [1.54, 1.807) is 0 Å². The van der Waals surface area contributed by atoms with Crippen LogP contribution in [0, 0.1) is 5.92 Å². The highest BCUT2D eigenvalue weighted by Crippen LogP contribution is 2.39. The summed E-state index contributed by atoms with van der Waals surface area (Å²) in [6, 6.07) is 4.31. The molecule has 0 saturated heterocycles. The second-order valence-corrected chi connectivity index (χ2v) is 5.46. The van der Waals surface area contributed by atoms with Gasteiger partial charge in [-0.1, -0.05) is 6.07 Å². The molecule has 1 aromatic heterocycles. The van der Waals surface area contributed by atoms with Gasteiger partial charge in [0.15, 0.2) is 0 Å². The maximum absolute atomic E-state index is 3.63. The Morgan fingerprint density at radius 2 is 2.31 bits per heavy atom. The lowest BCUT2D eigenvalue weighted by Crippen LogP contribution is -2.40. The van der Waals surface area contributed by atoms with E-state index in [-0.39, 0.29) is 0 Å². The van der Waals surface area contributed by atoms with Crippen LogP contribution in [0.25, 0.3) is 0 Å². The third-order valence-corrected chi connectivity index (χ3v) is 3.77. The summed E-state index contributed by atoms with van der Waals surface area (Å²) in [6.45, 7) is 5.66. The van der Waals surface area contributed by atoms with Crippen LogP contribution >= 0.6 is 11.3 Å². The number of nitrogens with one attached hydrogen (secondary N) is 1. The molecule has 2 heteroatoms. The zero-order valence-electron chi connectivity index (χ0n) is 8.34. The lowest BCUT2D eigenvalue weighted by molar-refractivity contribution is 0.341. The number of thiophene rings is 1. The van der Waals surface area contributed by atoms with Crippen LogP contribution in [0.5, 0.6) is 0 Å². The van der Waals surface area contributed by atoms with Crippen LogP contribution in [-0.4, -0.2) is 5.54 Å². The number of hydrogen-bond acceptors (Lipinski definition) is 2. The topological polar surface area (TPSA) is 12.0 Å². The van der Waals surface area contributed by atoms with Gasteiger partial charge in [-0.15, -0.1) is 11.3 Å². The fraction of sp³-hybridized carbons (Fsp3) is 0.636. The Morgan fingerprint density at radius 3 is 2.85 bits per heavy atom. The predicted octanol–water partition coefficient (Wildman–Crippen LogP) is 3.03. The van der Waals surface area contributed by atoms with Gasteiger partial charge < -0.3 is 5.32 Å². The molecule has 2 rings (SSSR count). The minimum atomic E-state index is 0.337. The van der Waals surface area contributed by atoms with Crippen molar-refractivity contribution in [2.45, 2.75) is 38.8 Å². The van der Waals surface area contributed by atoms with E-state index in [9.17, 15) is 0 Å². The number of rotatable bonds is 4. The van der Waals surface area contributed by atoms with Gasteiger partial charge in [0.1, 0.15) is 0 Å². The standard InChI is InChI=1S/C11H17NS/c1-11(2,9-5-6-9)12-8-10-4-3-7-13-10/h3-4,7,9,12H,5-6,8H2,1-2H3. The maximum atomic E-state index is 3.63. The molecule has 1 heterocycles. The summed E-state index contributed by atoms with van der Waals surface area (Å²) in [7, 11) is 0. The zero-order chi connectivity index (χ0) is 9.31. The molecule has 1 aliphatic carbocycles. The first-order valence-electron chi connectivity index (χ1n) is 4.96. The summed E-state index contributed by atoms with van der Waals surface area (Å²) in [5.41, 5.74) is 0.337. The quantitative estimate of drug-likeness (QED) is 0.778. The summed E-state index contributed by atoms with van der Waals surface area (Å²) in [5, 5.41) is 5.77. The van der Waals surface area contributed by atoms with Gasteiger partial charge in [-0.25, -0.2) is 0 Å². The molecular weight excluding hydrogens is 178 g/mol. The average Bonchev–Trinajstić information content (AvgIpc) is 2.82. The Hall–Kier alpha value is -0.340. The van der Waals surface area contributed by atoms with Crippen LogP contribution in [0.3, 0.4) is 0 Å². The molecule has 0 aliphatic heterocycles. The predicted molar refractivity (Wildman–Crippen MR) is 58.0 cm³/mol. The molecule has 0 unspecified atom stereocenters. The van der Waals surface area contributed by atoms with Gasteiger partial charge in [-0.3, -0.25) is 0 Å². The van der Waals surface area contributed by atoms with Gasteiger partial charge in [-0.2, -0.15) is 0 Å². The molecule has 0 bridgehead atoms. The summed E-state index contributed by atoms with van der Waals surface area (Å²) in [5.74, 6) is 0.910. The first kappa shape index (κ1) is 9.22. The van der Waals surface area contributed by atoms with Crippen LogP contribution in [-0.2, 0) is 6.54 Å². The fourth-order valence-corrected chi connectivity index (χ4v) is 2.32. The van der Waals surface area contributed by atoms with Crippen molar-refractivity contribution in [1.82, 2.24) is 5.32 Å². The van der Waals surface area contributed by atoms with Crippen molar-refractivity contribution in [3.63, 3.8) is 0 Å². The lowest BCUT2D eigenvalue weighted by atomic mass is 9.99. The molecule has 13 heavy (non-hydrogen) atoms. The normalized spacial score (nSPS) is 17.7. The van der Waals surface area contributed by atoms with Crippen LogP contribution in [0.15, 0.2) is 17.5 Å². The Bertz CT molecular complexity index is 260. The van der Waals surface area contributed by atoms with E-state index in [1.807, 2.05) is 11.3 Å². The molecule has 0 aromatic carbocycles. The van der Waals surface area contributed by atoms with Gasteiger partial charge >= 0.3 is 0 Å². The molecule has 0 atom stereocenters. The third-order valence-electron chi connectivity index (χ3n) is 2.90. The highest BCUT2D eigenvalue weighted by molar-refractivity contribution is 7.09. The monoisotopic (exact) mass is 195 g/mol. The fourth-order valence-electron chi connectivity index (χ4n) is 1.68. The molecule has 1 saturated carbocycles. The van der Waals surface area contributed by atoms with Crippen molar-refractivity contribution in [3.05, 3.63) is 22.4 Å². The van der Waals surface area contributed by atoms with Gasteiger partial charge in [0, 0.05) is 17.0 Å². The van der Waals surface area contributed by atoms with E-state index in [4.69, 9.17) is 0 Å². The van der Waals surface area contributed by atoms with E-state index in [1.165, 1.54) is 17.7 Å². The van der Waals surface area contributed by atoms with Gasteiger partial charge in [-0.05, 0) is 44.1 Å². The van der Waals surface area contributed by atoms with E-state index in [2.05, 4.69) is 36.7 Å². The Labute approximate surface area is 84.2 Å². The second-order valence-electron chi connectivity index (χ2n) is 4.43. The Morgan fingerprint density at radius 1 is 1.54 bits per heavy atom. The molecule has 0 amide bonds. The maximum Gasteiger partial charge on any atom is 0.0304 e. The summed E-state index contributed by atoms with van der Waals surface area (Å²) in [6.07, 6.45) is 2.81. The Kier molecular flexibility index (Phi) is 2.43. The Balaban J connectivity index is 1.84. The van der Waals surface area contributed by atoms with E-state index < -0.39 is 0 Å². The van der Waals surface area contributed by atoms with Crippen LogP contribution in [0.2, 0.25) is 0 Å². The molecule has 1 aliphatic rings. The van der Waals surface area contributed by atoms with Crippen molar-refractivity contribution in [3.8, 4) is 0 Å². The summed E-state index contributed by atoms with van der Waals surface area (Å²) < 4.78 is 0. The van der Waals surface area contributed by atoms with Crippen molar-refractivity contribution in [2.75, 3.05) is 0 Å². The second kappa shape index (κ2) is 3.43. The zero-order valence-corrected chi connectivity index (χ0v) is 9.16. The molecule has 1 N–H and O–H groups in total. The highest BCUT2D eigenvalue weighted by atomic mass is 32.1. The smallest absolute Gasteiger partial charge is 0.0304 e. The largest absolute Gasteiger partial charge is 0.307 e. The van der Waals surface area contributed by atoms with E-state index >= 15 is 0 Å². The van der Waals surface area contributed by atoms with Gasteiger partial charge in [0.25, 0.3) is 0 Å². The molecule has 0 radical (unpaired) electrons. The van der Waals surface area contributed by atoms with E-state index in [0.29, 0.717) is 5.54 Å². The number of hydrogen-bond donors (Lipinski definition) is 1. The molecule has 1 aromatic rings. The van der Waals surface area contributed by atoms with Gasteiger partial charge in [0.2, 0.25) is 0 Å². The van der Waals surface area contributed by atoms with Crippen molar-refractivity contribution >= 4 is 11.3 Å². The highest BCUT2D eigenvalue weighted by Gasteiger charge is 2.37. The third kappa shape index (κ3) is 2.32. The molecule has 0 spiro atoms.